The van der Waals surface area contributed by atoms with E-state index in [1.807, 2.05) is 0 Å². The van der Waals surface area contributed by atoms with Gasteiger partial charge in [-0.2, -0.15) is 0 Å². The molecule has 1 heterocycles. The highest BCUT2D eigenvalue weighted by atomic mass is 32.1. The number of Topliss-reactive ketones (excluding diaryl/α,β-unsaturated/α-hetero) is 1. The molecular formula is C16H18O3S. The van der Waals surface area contributed by atoms with Gasteiger partial charge in [-0.25, -0.2) is 0 Å². The van der Waals surface area contributed by atoms with Crippen LogP contribution in [0.3, 0.4) is 0 Å². The van der Waals surface area contributed by atoms with Crippen LogP contribution >= 0.6 is 11.3 Å². The summed E-state index contributed by atoms with van der Waals surface area (Å²) < 4.78 is 10.4. The summed E-state index contributed by atoms with van der Waals surface area (Å²) in [6.45, 7) is 2.07. The van der Waals surface area contributed by atoms with Crippen LogP contribution in [0.15, 0.2) is 30.3 Å². The topological polar surface area (TPSA) is 35.5 Å². The molecule has 0 amide bonds. The molecule has 0 radical (unpaired) electrons. The number of carbonyl (C=O) groups excluding carboxylic acids is 1. The van der Waals surface area contributed by atoms with E-state index >= 15 is 0 Å². The van der Waals surface area contributed by atoms with Crippen LogP contribution in [-0.2, 0) is 6.42 Å². The molecule has 106 valence electrons. The second kappa shape index (κ2) is 6.57. The van der Waals surface area contributed by atoms with Crippen LogP contribution in [-0.4, -0.2) is 20.0 Å². The Hall–Kier alpha value is -1.81. The molecule has 1 aromatic heterocycles. The molecule has 2 aromatic rings. The third-order valence-corrected chi connectivity index (χ3v) is 4.16. The zero-order valence-corrected chi connectivity index (χ0v) is 12.8. The lowest BCUT2D eigenvalue weighted by Crippen LogP contribution is -2.02. The molecule has 1 aromatic carbocycles. The number of carbonyl (C=O) groups is 1. The van der Waals surface area contributed by atoms with Crippen molar-refractivity contribution in [2.45, 2.75) is 19.8 Å². The molecular weight excluding hydrogens is 272 g/mol. The summed E-state index contributed by atoms with van der Waals surface area (Å²) in [4.78, 5) is 14.7. The largest absolute Gasteiger partial charge is 0.493 e. The van der Waals surface area contributed by atoms with Gasteiger partial charge in [0.1, 0.15) is 0 Å². The van der Waals surface area contributed by atoms with Crippen molar-refractivity contribution in [3.8, 4) is 11.5 Å². The third-order valence-electron chi connectivity index (χ3n) is 3.10. The molecule has 0 aliphatic carbocycles. The van der Waals surface area contributed by atoms with Gasteiger partial charge in [-0.1, -0.05) is 0 Å². The van der Waals surface area contributed by atoms with Gasteiger partial charge in [-0.3, -0.25) is 4.79 Å². The van der Waals surface area contributed by atoms with Gasteiger partial charge in [-0.05, 0) is 43.7 Å². The van der Waals surface area contributed by atoms with E-state index in [1.165, 1.54) is 9.75 Å². The Morgan fingerprint density at radius 2 is 1.85 bits per heavy atom. The normalized spacial score (nSPS) is 10.3. The van der Waals surface area contributed by atoms with Crippen molar-refractivity contribution in [1.82, 2.24) is 0 Å². The van der Waals surface area contributed by atoms with E-state index in [2.05, 4.69) is 19.1 Å². The van der Waals surface area contributed by atoms with E-state index in [9.17, 15) is 4.79 Å². The molecule has 0 bridgehead atoms. The zero-order chi connectivity index (χ0) is 14.5. The summed E-state index contributed by atoms with van der Waals surface area (Å²) in [5.41, 5.74) is 0.663. The molecule has 0 spiro atoms. The molecule has 3 nitrogen and oxygen atoms in total. The van der Waals surface area contributed by atoms with Gasteiger partial charge in [0.25, 0.3) is 0 Å². The van der Waals surface area contributed by atoms with E-state index in [1.54, 1.807) is 43.8 Å². The first-order chi connectivity index (χ1) is 9.63. The van der Waals surface area contributed by atoms with Crippen LogP contribution in [0.4, 0.5) is 0 Å². The Morgan fingerprint density at radius 3 is 2.45 bits per heavy atom. The predicted molar refractivity (Wildman–Crippen MR) is 81.3 cm³/mol. The van der Waals surface area contributed by atoms with Crippen LogP contribution in [0.25, 0.3) is 0 Å². The second-order valence-corrected chi connectivity index (χ2v) is 5.88. The van der Waals surface area contributed by atoms with Crippen LogP contribution in [0, 0.1) is 6.92 Å². The lowest BCUT2D eigenvalue weighted by Gasteiger charge is -2.08. The quantitative estimate of drug-likeness (QED) is 0.757. The molecule has 4 heteroatoms. The molecule has 0 fully saturated rings. The van der Waals surface area contributed by atoms with Crippen LogP contribution in [0.1, 0.15) is 26.5 Å². The van der Waals surface area contributed by atoms with Crippen molar-refractivity contribution < 1.29 is 14.3 Å². The average Bonchev–Trinajstić information content (AvgIpc) is 2.89. The van der Waals surface area contributed by atoms with Crippen molar-refractivity contribution in [2.75, 3.05) is 14.2 Å². The minimum Gasteiger partial charge on any atom is -0.493 e. The number of hydrogen-bond acceptors (Lipinski definition) is 4. The summed E-state index contributed by atoms with van der Waals surface area (Å²) in [5, 5.41) is 0. The Morgan fingerprint density at radius 1 is 1.10 bits per heavy atom. The van der Waals surface area contributed by atoms with Crippen LogP contribution in [0.2, 0.25) is 0 Å². The van der Waals surface area contributed by atoms with E-state index in [-0.39, 0.29) is 5.78 Å². The van der Waals surface area contributed by atoms with Gasteiger partial charge in [0, 0.05) is 21.7 Å². The predicted octanol–water partition coefficient (Wildman–Crippen LogP) is 3.89. The van der Waals surface area contributed by atoms with E-state index in [0.29, 0.717) is 23.5 Å². The van der Waals surface area contributed by atoms with E-state index in [0.717, 1.165) is 6.42 Å². The lowest BCUT2D eigenvalue weighted by atomic mass is 10.1. The third kappa shape index (κ3) is 3.39. The SMILES string of the molecule is COc1ccc(C(=O)CCc2ccc(C)s2)cc1OC. The van der Waals surface area contributed by atoms with Crippen LogP contribution < -0.4 is 9.47 Å². The number of benzene rings is 1. The average molecular weight is 290 g/mol. The highest BCUT2D eigenvalue weighted by Crippen LogP contribution is 2.28. The first-order valence-electron chi connectivity index (χ1n) is 6.44. The number of ketones is 1. The van der Waals surface area contributed by atoms with Crippen molar-refractivity contribution in [3.05, 3.63) is 45.6 Å². The van der Waals surface area contributed by atoms with Crippen molar-refractivity contribution in [1.29, 1.82) is 0 Å². The van der Waals surface area contributed by atoms with Crippen molar-refractivity contribution in [2.24, 2.45) is 0 Å². The summed E-state index contributed by atoms with van der Waals surface area (Å²) in [7, 11) is 3.15. The molecule has 0 atom stereocenters. The molecule has 0 aliphatic rings. The number of thiophene rings is 1. The molecule has 0 aliphatic heterocycles. The van der Waals surface area contributed by atoms with E-state index < -0.39 is 0 Å². The maximum absolute atomic E-state index is 12.2. The fourth-order valence-corrected chi connectivity index (χ4v) is 2.90. The molecule has 0 N–H and O–H groups in total. The fourth-order valence-electron chi connectivity index (χ4n) is 2.01. The zero-order valence-electron chi connectivity index (χ0n) is 11.9. The minimum absolute atomic E-state index is 0.122. The molecule has 0 unspecified atom stereocenters. The molecule has 20 heavy (non-hydrogen) atoms. The summed E-state index contributed by atoms with van der Waals surface area (Å²) >= 11 is 1.74. The summed E-state index contributed by atoms with van der Waals surface area (Å²) in [6, 6.07) is 9.45. The van der Waals surface area contributed by atoms with Gasteiger partial charge in [-0.15, -0.1) is 11.3 Å². The van der Waals surface area contributed by atoms with Crippen LogP contribution in [0.5, 0.6) is 11.5 Å². The van der Waals surface area contributed by atoms with Crippen molar-refractivity contribution >= 4 is 17.1 Å². The number of hydrogen-bond donors (Lipinski definition) is 0. The molecule has 2 rings (SSSR count). The minimum atomic E-state index is 0.122. The Labute approximate surface area is 123 Å². The standard InChI is InChI=1S/C16H18O3S/c1-11-4-6-13(20-11)7-8-14(17)12-5-9-15(18-2)16(10-12)19-3/h4-6,9-10H,7-8H2,1-3H3. The summed E-state index contributed by atoms with van der Waals surface area (Å²) in [5.74, 6) is 1.35. The number of methoxy groups -OCH3 is 2. The molecule has 0 saturated carbocycles. The molecule has 0 saturated heterocycles. The number of ether oxygens (including phenoxy) is 2. The van der Waals surface area contributed by atoms with Gasteiger partial charge in [0.15, 0.2) is 17.3 Å². The second-order valence-electron chi connectivity index (χ2n) is 4.51. The number of rotatable bonds is 6. The van der Waals surface area contributed by atoms with Gasteiger partial charge < -0.3 is 9.47 Å². The lowest BCUT2D eigenvalue weighted by molar-refractivity contribution is 0.0982. The summed E-state index contributed by atoms with van der Waals surface area (Å²) in [6.07, 6.45) is 1.29. The number of aryl methyl sites for hydroxylation is 2. The smallest absolute Gasteiger partial charge is 0.163 e. The Kier molecular flexibility index (Phi) is 4.79. The Balaban J connectivity index is 2.05. The van der Waals surface area contributed by atoms with E-state index in [4.69, 9.17) is 9.47 Å². The highest BCUT2D eigenvalue weighted by molar-refractivity contribution is 7.11. The maximum atomic E-state index is 12.2. The maximum Gasteiger partial charge on any atom is 0.163 e. The van der Waals surface area contributed by atoms with Gasteiger partial charge >= 0.3 is 0 Å². The monoisotopic (exact) mass is 290 g/mol. The first kappa shape index (κ1) is 14.6. The van der Waals surface area contributed by atoms with Crippen molar-refractivity contribution in [3.63, 3.8) is 0 Å². The van der Waals surface area contributed by atoms with Gasteiger partial charge in [0.2, 0.25) is 0 Å². The first-order valence-corrected chi connectivity index (χ1v) is 7.26. The highest BCUT2D eigenvalue weighted by Gasteiger charge is 2.11. The van der Waals surface area contributed by atoms with Gasteiger partial charge in [0.05, 0.1) is 14.2 Å². The fraction of sp³-hybridized carbons (Fsp3) is 0.312. The Bertz CT molecular complexity index is 602.